The molecule has 1 aliphatic heterocycles. The summed E-state index contributed by atoms with van der Waals surface area (Å²) in [5.41, 5.74) is 0.547. The molecule has 0 saturated carbocycles. The van der Waals surface area contributed by atoms with Gasteiger partial charge in [0, 0.05) is 24.1 Å². The van der Waals surface area contributed by atoms with E-state index in [1.54, 1.807) is 13.0 Å². The Morgan fingerprint density at radius 1 is 1.27 bits per heavy atom. The lowest BCUT2D eigenvalue weighted by molar-refractivity contribution is -0.384. The van der Waals surface area contributed by atoms with Crippen molar-refractivity contribution in [2.75, 3.05) is 29.6 Å². The quantitative estimate of drug-likeness (QED) is 0.328. The maximum Gasteiger partial charge on any atom is 0.306 e. The summed E-state index contributed by atoms with van der Waals surface area (Å²) in [6.07, 6.45) is 1.85. The van der Waals surface area contributed by atoms with Crippen molar-refractivity contribution < 1.29 is 22.9 Å². The van der Waals surface area contributed by atoms with E-state index in [-0.39, 0.29) is 42.2 Å². The molecule has 1 saturated heterocycles. The molecule has 0 bridgehead atoms. The number of carbonyl (C=O) groups is 1. The molecule has 30 heavy (non-hydrogen) atoms. The van der Waals surface area contributed by atoms with Gasteiger partial charge in [-0.1, -0.05) is 26.8 Å². The fourth-order valence-corrected chi connectivity index (χ4v) is 5.40. The van der Waals surface area contributed by atoms with Gasteiger partial charge in [-0.15, -0.1) is 0 Å². The number of rotatable bonds is 9. The number of nitro groups is 1. The van der Waals surface area contributed by atoms with Crippen molar-refractivity contribution in [2.24, 2.45) is 0 Å². The summed E-state index contributed by atoms with van der Waals surface area (Å²) in [5, 5.41) is 11.9. The number of benzene rings is 1. The Kier molecular flexibility index (Phi) is 7.85. The summed E-state index contributed by atoms with van der Waals surface area (Å²) >= 11 is 0. The van der Waals surface area contributed by atoms with Crippen molar-refractivity contribution in [3.63, 3.8) is 0 Å². The first-order valence-electron chi connectivity index (χ1n) is 10.4. The summed E-state index contributed by atoms with van der Waals surface area (Å²) < 4.78 is 28.7. The predicted molar refractivity (Wildman–Crippen MR) is 117 cm³/mol. The second-order valence-corrected chi connectivity index (χ2v) is 10.7. The molecule has 1 heterocycles. The summed E-state index contributed by atoms with van der Waals surface area (Å²) in [5.74, 6) is -0.127. The first-order valence-corrected chi connectivity index (χ1v) is 12.2. The van der Waals surface area contributed by atoms with Crippen LogP contribution in [0, 0.1) is 10.1 Å². The van der Waals surface area contributed by atoms with Crippen molar-refractivity contribution in [1.82, 2.24) is 0 Å². The molecule has 9 heteroatoms. The summed E-state index contributed by atoms with van der Waals surface area (Å²) in [4.78, 5) is 25.4. The Balaban J connectivity index is 2.39. The van der Waals surface area contributed by atoms with E-state index in [9.17, 15) is 23.3 Å². The van der Waals surface area contributed by atoms with Crippen LogP contribution in [0.25, 0.3) is 0 Å². The van der Waals surface area contributed by atoms with Gasteiger partial charge in [-0.3, -0.25) is 14.9 Å². The van der Waals surface area contributed by atoms with Crippen LogP contribution in [0.5, 0.6) is 0 Å². The second kappa shape index (κ2) is 9.76. The third kappa shape index (κ3) is 5.93. The monoisotopic (exact) mass is 440 g/mol. The van der Waals surface area contributed by atoms with Crippen LogP contribution >= 0.6 is 0 Å². The Bertz CT molecular complexity index is 867. The van der Waals surface area contributed by atoms with Crippen LogP contribution in [0.15, 0.2) is 18.2 Å². The molecule has 1 aromatic carbocycles. The average Bonchev–Trinajstić information content (AvgIpc) is 2.66. The highest BCUT2D eigenvalue weighted by Gasteiger charge is 2.33. The van der Waals surface area contributed by atoms with Crippen LogP contribution in [0.2, 0.25) is 0 Å². The molecule has 168 valence electrons. The minimum absolute atomic E-state index is 0.0219. The van der Waals surface area contributed by atoms with Crippen molar-refractivity contribution in [3.05, 3.63) is 33.9 Å². The molecule has 1 aromatic rings. The number of carbonyl (C=O) groups excluding carboxylic acids is 1. The SMILES string of the molecule is CCCN(c1ccc(C(C)(C)CC(=O)OCC)cc1[N+](=O)[O-])C1CCS(=O)(=O)CC1. The molecule has 0 atom stereocenters. The normalized spacial score (nSPS) is 16.8. The van der Waals surface area contributed by atoms with Crippen molar-refractivity contribution >= 4 is 27.2 Å². The summed E-state index contributed by atoms with van der Waals surface area (Å²) in [6, 6.07) is 5.05. The molecule has 1 fully saturated rings. The number of ether oxygens (including phenoxy) is 1. The summed E-state index contributed by atoms with van der Waals surface area (Å²) in [6.45, 7) is 8.35. The number of hydrogen-bond donors (Lipinski definition) is 0. The minimum Gasteiger partial charge on any atom is -0.466 e. The van der Waals surface area contributed by atoms with E-state index in [0.717, 1.165) is 6.42 Å². The third-order valence-electron chi connectivity index (χ3n) is 5.58. The lowest BCUT2D eigenvalue weighted by Gasteiger charge is -2.36. The molecular weight excluding hydrogens is 408 g/mol. The van der Waals surface area contributed by atoms with Crippen molar-refractivity contribution in [1.29, 1.82) is 0 Å². The Morgan fingerprint density at radius 3 is 2.43 bits per heavy atom. The topological polar surface area (TPSA) is 107 Å². The number of esters is 1. The zero-order valence-corrected chi connectivity index (χ0v) is 19.0. The number of hydrogen-bond acceptors (Lipinski definition) is 7. The number of anilines is 1. The summed E-state index contributed by atoms with van der Waals surface area (Å²) in [7, 11) is -3.02. The van der Waals surface area contributed by atoms with E-state index in [0.29, 0.717) is 30.6 Å². The molecule has 0 N–H and O–H groups in total. The lowest BCUT2D eigenvalue weighted by atomic mass is 9.81. The van der Waals surface area contributed by atoms with Gasteiger partial charge in [0.15, 0.2) is 0 Å². The van der Waals surface area contributed by atoms with Crippen molar-refractivity contribution in [3.8, 4) is 0 Å². The van der Waals surface area contributed by atoms with Crippen LogP contribution in [0.1, 0.15) is 58.9 Å². The lowest BCUT2D eigenvalue weighted by Crippen LogP contribution is -2.42. The third-order valence-corrected chi connectivity index (χ3v) is 7.30. The molecular formula is C21H32N2O6S. The molecule has 0 unspecified atom stereocenters. The van der Waals surface area contributed by atoms with Gasteiger partial charge in [0.2, 0.25) is 0 Å². The van der Waals surface area contributed by atoms with E-state index < -0.39 is 20.2 Å². The van der Waals surface area contributed by atoms with E-state index in [4.69, 9.17) is 4.74 Å². The molecule has 0 amide bonds. The fraction of sp³-hybridized carbons (Fsp3) is 0.667. The van der Waals surface area contributed by atoms with Gasteiger partial charge < -0.3 is 9.64 Å². The molecule has 8 nitrogen and oxygen atoms in total. The van der Waals surface area contributed by atoms with Gasteiger partial charge in [-0.05, 0) is 37.8 Å². The first-order chi connectivity index (χ1) is 14.0. The number of sulfone groups is 1. The molecule has 1 aliphatic rings. The largest absolute Gasteiger partial charge is 0.466 e. The van der Waals surface area contributed by atoms with Crippen molar-refractivity contribution in [2.45, 2.75) is 64.8 Å². The maximum absolute atomic E-state index is 12.0. The van der Waals surface area contributed by atoms with Crippen LogP contribution in [-0.4, -0.2) is 50.0 Å². The smallest absolute Gasteiger partial charge is 0.306 e. The maximum atomic E-state index is 12.0. The van der Waals surface area contributed by atoms with Crippen LogP contribution in [-0.2, 0) is 24.8 Å². The molecule has 0 radical (unpaired) electrons. The molecule has 0 spiro atoms. The second-order valence-electron chi connectivity index (χ2n) is 8.40. The van der Waals surface area contributed by atoms with Crippen LogP contribution < -0.4 is 4.90 Å². The predicted octanol–water partition coefficient (Wildman–Crippen LogP) is 3.62. The van der Waals surface area contributed by atoms with Crippen LogP contribution in [0.4, 0.5) is 11.4 Å². The van der Waals surface area contributed by atoms with E-state index >= 15 is 0 Å². The number of nitrogens with zero attached hydrogens (tertiary/aromatic N) is 2. The minimum atomic E-state index is -3.02. The fourth-order valence-electron chi connectivity index (χ4n) is 3.94. The van der Waals surface area contributed by atoms with Gasteiger partial charge in [-0.2, -0.15) is 0 Å². The van der Waals surface area contributed by atoms with E-state index in [1.165, 1.54) is 6.07 Å². The van der Waals surface area contributed by atoms with Crippen LogP contribution in [0.3, 0.4) is 0 Å². The highest BCUT2D eigenvalue weighted by Crippen LogP contribution is 2.37. The van der Waals surface area contributed by atoms with E-state index in [2.05, 4.69) is 0 Å². The van der Waals surface area contributed by atoms with Gasteiger partial charge in [-0.25, -0.2) is 8.42 Å². The molecule has 0 aliphatic carbocycles. The number of nitro benzene ring substituents is 1. The zero-order valence-electron chi connectivity index (χ0n) is 18.2. The molecule has 0 aromatic heterocycles. The van der Waals surface area contributed by atoms with Gasteiger partial charge >= 0.3 is 5.97 Å². The van der Waals surface area contributed by atoms with Gasteiger partial charge in [0.25, 0.3) is 5.69 Å². The Morgan fingerprint density at radius 2 is 1.90 bits per heavy atom. The van der Waals surface area contributed by atoms with Gasteiger partial charge in [0.1, 0.15) is 15.5 Å². The average molecular weight is 441 g/mol. The Labute approximate surface area is 178 Å². The van der Waals surface area contributed by atoms with E-state index in [1.807, 2.05) is 31.7 Å². The van der Waals surface area contributed by atoms with Gasteiger partial charge in [0.05, 0.1) is 29.5 Å². The Hall–Kier alpha value is -2.16. The highest BCUT2D eigenvalue weighted by atomic mass is 32.2. The molecule has 2 rings (SSSR count). The first kappa shape index (κ1) is 24.1. The zero-order chi connectivity index (χ0) is 22.5. The standard InChI is InChI=1S/C21H32N2O6S/c1-5-11-22(17-9-12-30(27,28)13-10-17)18-8-7-16(14-19(18)23(25)26)21(3,4)15-20(24)29-6-2/h7-8,14,17H,5-6,9-13,15H2,1-4H3. The highest BCUT2D eigenvalue weighted by molar-refractivity contribution is 7.91.